The van der Waals surface area contributed by atoms with E-state index in [1.807, 2.05) is 0 Å². The van der Waals surface area contributed by atoms with Gasteiger partial charge in [-0.05, 0) is 49.8 Å². The van der Waals surface area contributed by atoms with Gasteiger partial charge in [0.1, 0.15) is 6.04 Å². The minimum atomic E-state index is -0.610. The van der Waals surface area contributed by atoms with E-state index in [0.29, 0.717) is 30.6 Å². The van der Waals surface area contributed by atoms with Crippen LogP contribution in [-0.2, 0) is 14.3 Å². The van der Waals surface area contributed by atoms with Crippen LogP contribution in [0.4, 0.5) is 0 Å². The van der Waals surface area contributed by atoms with E-state index >= 15 is 0 Å². The zero-order valence-corrected chi connectivity index (χ0v) is 18.0. The number of ether oxygens (including phenoxy) is 2. The third kappa shape index (κ3) is 3.73. The number of hydrogen-bond donors (Lipinski definition) is 0. The standard InChI is InChI=1S/C23H28N2O6/c1-30-11-5-10-24-21(27)16-9-8-15(12-17(16)22(24)28)20(26)25-18-7-4-3-6-14(18)13-19(25)23(29)31-2/h8-9,12,14,18-19H,3-7,10-11,13H2,1-2H3. The van der Waals surface area contributed by atoms with Gasteiger partial charge in [-0.2, -0.15) is 0 Å². The minimum absolute atomic E-state index is 0.00137. The number of nitrogens with zero attached hydrogens (tertiary/aromatic N) is 2. The summed E-state index contributed by atoms with van der Waals surface area (Å²) in [5.74, 6) is -1.15. The summed E-state index contributed by atoms with van der Waals surface area (Å²) in [5.41, 5.74) is 0.862. The molecule has 0 N–H and O–H groups in total. The van der Waals surface area contributed by atoms with E-state index in [9.17, 15) is 19.2 Å². The van der Waals surface area contributed by atoms with E-state index in [-0.39, 0.29) is 35.9 Å². The van der Waals surface area contributed by atoms with Crippen LogP contribution < -0.4 is 0 Å². The molecule has 2 heterocycles. The molecule has 166 valence electrons. The van der Waals surface area contributed by atoms with Crippen LogP contribution in [0.3, 0.4) is 0 Å². The number of hydrogen-bond acceptors (Lipinski definition) is 6. The summed E-state index contributed by atoms with van der Waals surface area (Å²) < 4.78 is 9.98. The molecule has 1 aromatic rings. The Morgan fingerprint density at radius 3 is 2.55 bits per heavy atom. The summed E-state index contributed by atoms with van der Waals surface area (Å²) in [7, 11) is 2.90. The summed E-state index contributed by atoms with van der Waals surface area (Å²) in [6.07, 6.45) is 5.14. The summed E-state index contributed by atoms with van der Waals surface area (Å²) in [5, 5.41) is 0. The van der Waals surface area contributed by atoms with Gasteiger partial charge in [0.15, 0.2) is 0 Å². The van der Waals surface area contributed by atoms with Crippen molar-refractivity contribution in [2.75, 3.05) is 27.4 Å². The van der Waals surface area contributed by atoms with E-state index < -0.39 is 17.9 Å². The summed E-state index contributed by atoms with van der Waals surface area (Å²) in [4.78, 5) is 54.2. The van der Waals surface area contributed by atoms with Gasteiger partial charge in [-0.1, -0.05) is 12.8 Å². The maximum atomic E-state index is 13.5. The van der Waals surface area contributed by atoms with Crippen molar-refractivity contribution in [3.8, 4) is 0 Å². The average molecular weight is 428 g/mol. The van der Waals surface area contributed by atoms with Crippen LogP contribution in [0, 0.1) is 5.92 Å². The Labute approximate surface area is 181 Å². The number of imide groups is 1. The third-order valence-corrected chi connectivity index (χ3v) is 6.74. The van der Waals surface area contributed by atoms with Crippen LogP contribution in [0.15, 0.2) is 18.2 Å². The Kier molecular flexibility index (Phi) is 6.09. The number of fused-ring (bicyclic) bond motifs is 2. The molecule has 3 atom stereocenters. The second-order valence-corrected chi connectivity index (χ2v) is 8.47. The second kappa shape index (κ2) is 8.78. The fraction of sp³-hybridized carbons (Fsp3) is 0.565. The van der Waals surface area contributed by atoms with E-state index in [1.54, 1.807) is 24.1 Å². The van der Waals surface area contributed by atoms with Gasteiger partial charge in [0.2, 0.25) is 0 Å². The fourth-order valence-electron chi connectivity index (χ4n) is 5.24. The molecule has 4 rings (SSSR count). The molecule has 0 radical (unpaired) electrons. The smallest absolute Gasteiger partial charge is 0.328 e. The molecule has 0 aromatic heterocycles. The molecule has 1 aromatic carbocycles. The lowest BCUT2D eigenvalue weighted by atomic mass is 9.84. The van der Waals surface area contributed by atoms with Gasteiger partial charge in [-0.3, -0.25) is 19.3 Å². The van der Waals surface area contributed by atoms with Gasteiger partial charge in [0.05, 0.1) is 18.2 Å². The molecule has 3 aliphatic rings. The molecule has 1 saturated heterocycles. The lowest BCUT2D eigenvalue weighted by Gasteiger charge is -2.33. The Hall–Kier alpha value is -2.74. The van der Waals surface area contributed by atoms with Crippen molar-refractivity contribution < 1.29 is 28.7 Å². The number of carbonyl (C=O) groups excluding carboxylic acids is 4. The van der Waals surface area contributed by atoms with E-state index in [4.69, 9.17) is 9.47 Å². The predicted molar refractivity (Wildman–Crippen MR) is 111 cm³/mol. The van der Waals surface area contributed by atoms with Crippen molar-refractivity contribution in [1.29, 1.82) is 0 Å². The first-order valence-corrected chi connectivity index (χ1v) is 10.9. The third-order valence-electron chi connectivity index (χ3n) is 6.74. The number of amides is 3. The van der Waals surface area contributed by atoms with Crippen molar-refractivity contribution in [2.45, 2.75) is 50.6 Å². The van der Waals surface area contributed by atoms with Crippen molar-refractivity contribution >= 4 is 23.7 Å². The highest BCUT2D eigenvalue weighted by atomic mass is 16.5. The lowest BCUT2D eigenvalue weighted by molar-refractivity contribution is -0.145. The largest absolute Gasteiger partial charge is 0.467 e. The van der Waals surface area contributed by atoms with Gasteiger partial charge < -0.3 is 14.4 Å². The van der Waals surface area contributed by atoms with Crippen LogP contribution in [-0.4, -0.2) is 72.9 Å². The minimum Gasteiger partial charge on any atom is -0.467 e. The number of methoxy groups -OCH3 is 2. The number of carbonyl (C=O) groups is 4. The Balaban J connectivity index is 1.60. The Morgan fingerprint density at radius 2 is 1.81 bits per heavy atom. The highest BCUT2D eigenvalue weighted by Crippen LogP contribution is 2.41. The highest BCUT2D eigenvalue weighted by Gasteiger charge is 2.48. The normalized spacial score (nSPS) is 24.9. The Bertz CT molecular complexity index is 913. The van der Waals surface area contributed by atoms with Crippen LogP contribution in [0.25, 0.3) is 0 Å². The summed E-state index contributed by atoms with van der Waals surface area (Å²) in [6, 6.07) is 4.01. The SMILES string of the molecule is COCCCN1C(=O)c2ccc(C(=O)N3C(C(=O)OC)CC4CCCCC43)cc2C1=O. The van der Waals surface area contributed by atoms with Crippen LogP contribution >= 0.6 is 0 Å². The van der Waals surface area contributed by atoms with Gasteiger partial charge >= 0.3 is 5.97 Å². The van der Waals surface area contributed by atoms with Gasteiger partial charge in [-0.25, -0.2) is 4.79 Å². The van der Waals surface area contributed by atoms with Gasteiger partial charge in [0, 0.05) is 31.9 Å². The topological polar surface area (TPSA) is 93.2 Å². The van der Waals surface area contributed by atoms with Crippen LogP contribution in [0.5, 0.6) is 0 Å². The molecule has 1 saturated carbocycles. The first-order chi connectivity index (χ1) is 15.0. The molecule has 2 fully saturated rings. The average Bonchev–Trinajstić information content (AvgIpc) is 3.29. The first-order valence-electron chi connectivity index (χ1n) is 10.9. The maximum absolute atomic E-state index is 13.5. The predicted octanol–water partition coefficient (Wildman–Crippen LogP) is 2.27. The lowest BCUT2D eigenvalue weighted by Crippen LogP contribution is -2.46. The summed E-state index contributed by atoms with van der Waals surface area (Å²) in [6.45, 7) is 0.716. The number of benzene rings is 1. The highest BCUT2D eigenvalue weighted by molar-refractivity contribution is 6.22. The van der Waals surface area contributed by atoms with E-state index in [0.717, 1.165) is 25.7 Å². The molecule has 8 heteroatoms. The maximum Gasteiger partial charge on any atom is 0.328 e. The molecular formula is C23H28N2O6. The zero-order chi connectivity index (χ0) is 22.1. The molecule has 0 spiro atoms. The quantitative estimate of drug-likeness (QED) is 0.392. The summed E-state index contributed by atoms with van der Waals surface area (Å²) >= 11 is 0. The monoisotopic (exact) mass is 428 g/mol. The van der Waals surface area contributed by atoms with Crippen molar-refractivity contribution in [3.05, 3.63) is 34.9 Å². The van der Waals surface area contributed by atoms with Gasteiger partial charge in [-0.15, -0.1) is 0 Å². The van der Waals surface area contributed by atoms with Crippen molar-refractivity contribution in [3.63, 3.8) is 0 Å². The number of esters is 1. The molecule has 3 unspecified atom stereocenters. The number of likely N-dealkylation sites (tertiary alicyclic amines) is 1. The first kappa shape index (κ1) is 21.5. The van der Waals surface area contributed by atoms with E-state index in [2.05, 4.69) is 0 Å². The van der Waals surface area contributed by atoms with Crippen molar-refractivity contribution in [2.24, 2.45) is 5.92 Å². The Morgan fingerprint density at radius 1 is 1.06 bits per heavy atom. The number of rotatable bonds is 6. The molecule has 31 heavy (non-hydrogen) atoms. The molecular weight excluding hydrogens is 400 g/mol. The van der Waals surface area contributed by atoms with Crippen LogP contribution in [0.1, 0.15) is 69.6 Å². The molecule has 1 aliphatic carbocycles. The molecule has 0 bridgehead atoms. The molecule has 3 amide bonds. The molecule has 8 nitrogen and oxygen atoms in total. The van der Waals surface area contributed by atoms with Crippen LogP contribution in [0.2, 0.25) is 0 Å². The fourth-order valence-corrected chi connectivity index (χ4v) is 5.24. The van der Waals surface area contributed by atoms with Crippen molar-refractivity contribution in [1.82, 2.24) is 9.80 Å². The molecule has 2 aliphatic heterocycles. The van der Waals surface area contributed by atoms with E-state index in [1.165, 1.54) is 18.1 Å². The second-order valence-electron chi connectivity index (χ2n) is 8.47. The van der Waals surface area contributed by atoms with Gasteiger partial charge in [0.25, 0.3) is 17.7 Å². The zero-order valence-electron chi connectivity index (χ0n) is 18.0.